The molecular weight excluding hydrogens is 268 g/mol. The van der Waals surface area contributed by atoms with E-state index in [9.17, 15) is 0 Å². The minimum atomic E-state index is 0.686. The third-order valence-corrected chi connectivity index (χ3v) is 2.34. The van der Waals surface area contributed by atoms with Crippen LogP contribution < -0.4 is 0 Å². The standard InChI is InChI=1S/C12H9BrN2O/c13-11-4-1-3-10(7-11)8-14-15-9-12-5-2-6-16-12/h1-9H/b14-8+,15-9-. The normalized spacial score (nSPS) is 11.6. The first kappa shape index (κ1) is 10.8. The number of hydrogen-bond donors (Lipinski definition) is 0. The summed E-state index contributed by atoms with van der Waals surface area (Å²) in [6.07, 6.45) is 4.85. The van der Waals surface area contributed by atoms with Crippen LogP contribution in [0.2, 0.25) is 0 Å². The minimum absolute atomic E-state index is 0.686. The highest BCUT2D eigenvalue weighted by Crippen LogP contribution is 2.09. The molecule has 0 radical (unpaired) electrons. The second kappa shape index (κ2) is 5.42. The van der Waals surface area contributed by atoms with E-state index in [1.807, 2.05) is 30.3 Å². The predicted molar refractivity (Wildman–Crippen MR) is 68.0 cm³/mol. The molecular formula is C12H9BrN2O. The molecule has 0 aliphatic carbocycles. The van der Waals surface area contributed by atoms with Crippen LogP contribution in [0.5, 0.6) is 0 Å². The Kier molecular flexibility index (Phi) is 3.66. The van der Waals surface area contributed by atoms with Crippen molar-refractivity contribution in [3.8, 4) is 0 Å². The van der Waals surface area contributed by atoms with Crippen molar-refractivity contribution in [2.45, 2.75) is 0 Å². The van der Waals surface area contributed by atoms with Gasteiger partial charge in [-0.05, 0) is 29.8 Å². The van der Waals surface area contributed by atoms with Crippen molar-refractivity contribution >= 4 is 28.4 Å². The lowest BCUT2D eigenvalue weighted by atomic mass is 10.2. The third kappa shape index (κ3) is 3.17. The van der Waals surface area contributed by atoms with Gasteiger partial charge in [0.05, 0.1) is 18.7 Å². The van der Waals surface area contributed by atoms with E-state index in [1.165, 1.54) is 0 Å². The van der Waals surface area contributed by atoms with Gasteiger partial charge in [-0.15, -0.1) is 0 Å². The maximum absolute atomic E-state index is 5.07. The zero-order chi connectivity index (χ0) is 11.2. The van der Waals surface area contributed by atoms with E-state index in [0.29, 0.717) is 5.76 Å². The molecule has 16 heavy (non-hydrogen) atoms. The van der Waals surface area contributed by atoms with Crippen LogP contribution in [0.4, 0.5) is 0 Å². The van der Waals surface area contributed by atoms with E-state index in [-0.39, 0.29) is 0 Å². The van der Waals surface area contributed by atoms with E-state index < -0.39 is 0 Å². The van der Waals surface area contributed by atoms with E-state index in [0.717, 1.165) is 10.0 Å². The van der Waals surface area contributed by atoms with Crippen molar-refractivity contribution < 1.29 is 4.42 Å². The molecule has 0 aliphatic heterocycles. The lowest BCUT2D eigenvalue weighted by molar-refractivity contribution is 0.560. The first-order valence-corrected chi connectivity index (χ1v) is 5.49. The summed E-state index contributed by atoms with van der Waals surface area (Å²) in [5, 5.41) is 7.80. The van der Waals surface area contributed by atoms with Crippen LogP contribution in [0.3, 0.4) is 0 Å². The highest BCUT2D eigenvalue weighted by molar-refractivity contribution is 9.10. The Bertz CT molecular complexity index is 503. The zero-order valence-corrected chi connectivity index (χ0v) is 9.96. The van der Waals surface area contributed by atoms with Gasteiger partial charge in [-0.1, -0.05) is 28.1 Å². The predicted octanol–water partition coefficient (Wildman–Crippen LogP) is 3.50. The van der Waals surface area contributed by atoms with Crippen molar-refractivity contribution in [2.24, 2.45) is 10.2 Å². The molecule has 0 saturated heterocycles. The molecule has 1 aromatic heterocycles. The molecule has 0 N–H and O–H groups in total. The summed E-state index contributed by atoms with van der Waals surface area (Å²) in [6.45, 7) is 0. The molecule has 0 fully saturated rings. The molecule has 2 aromatic rings. The summed E-state index contributed by atoms with van der Waals surface area (Å²) in [5.74, 6) is 0.686. The Morgan fingerprint density at radius 1 is 1.06 bits per heavy atom. The molecule has 0 amide bonds. The smallest absolute Gasteiger partial charge is 0.146 e. The second-order valence-electron chi connectivity index (χ2n) is 3.06. The van der Waals surface area contributed by atoms with Gasteiger partial charge in [-0.2, -0.15) is 10.2 Å². The monoisotopic (exact) mass is 276 g/mol. The molecule has 0 unspecified atom stereocenters. The largest absolute Gasteiger partial charge is 0.463 e. The van der Waals surface area contributed by atoms with Crippen molar-refractivity contribution in [3.63, 3.8) is 0 Å². The summed E-state index contributed by atoms with van der Waals surface area (Å²) < 4.78 is 6.09. The summed E-state index contributed by atoms with van der Waals surface area (Å²) in [6, 6.07) is 11.4. The fraction of sp³-hybridized carbons (Fsp3) is 0. The molecule has 2 rings (SSSR count). The summed E-state index contributed by atoms with van der Waals surface area (Å²) >= 11 is 3.39. The third-order valence-electron chi connectivity index (χ3n) is 1.85. The van der Waals surface area contributed by atoms with Crippen LogP contribution in [-0.4, -0.2) is 12.4 Å². The minimum Gasteiger partial charge on any atom is -0.463 e. The Hall–Kier alpha value is -1.68. The van der Waals surface area contributed by atoms with E-state index >= 15 is 0 Å². The average molecular weight is 277 g/mol. The SMILES string of the molecule is Brc1cccc(/C=N/N=C\c2ccco2)c1. The first-order chi connectivity index (χ1) is 7.84. The van der Waals surface area contributed by atoms with Gasteiger partial charge in [0.15, 0.2) is 0 Å². The highest BCUT2D eigenvalue weighted by Gasteiger charge is 1.89. The van der Waals surface area contributed by atoms with Gasteiger partial charge in [0.25, 0.3) is 0 Å². The quantitative estimate of drug-likeness (QED) is 0.625. The Morgan fingerprint density at radius 3 is 2.69 bits per heavy atom. The van der Waals surface area contributed by atoms with Crippen LogP contribution in [-0.2, 0) is 0 Å². The number of rotatable bonds is 3. The summed E-state index contributed by atoms with van der Waals surface area (Å²) in [5.41, 5.74) is 0.992. The van der Waals surface area contributed by atoms with Gasteiger partial charge in [-0.25, -0.2) is 0 Å². The van der Waals surface area contributed by atoms with Crippen molar-refractivity contribution in [1.82, 2.24) is 0 Å². The number of nitrogens with zero attached hydrogens (tertiary/aromatic N) is 2. The fourth-order valence-corrected chi connectivity index (χ4v) is 1.56. The Labute approximate surface area is 102 Å². The van der Waals surface area contributed by atoms with E-state index in [4.69, 9.17) is 4.42 Å². The van der Waals surface area contributed by atoms with E-state index in [2.05, 4.69) is 26.1 Å². The van der Waals surface area contributed by atoms with Gasteiger partial charge >= 0.3 is 0 Å². The van der Waals surface area contributed by atoms with Gasteiger partial charge in [0, 0.05) is 4.47 Å². The zero-order valence-electron chi connectivity index (χ0n) is 8.38. The second-order valence-corrected chi connectivity index (χ2v) is 3.98. The Balaban J connectivity index is 2.00. The Morgan fingerprint density at radius 2 is 1.94 bits per heavy atom. The maximum atomic E-state index is 5.07. The van der Waals surface area contributed by atoms with Crippen molar-refractivity contribution in [3.05, 3.63) is 58.5 Å². The molecule has 0 spiro atoms. The van der Waals surface area contributed by atoms with Crippen molar-refractivity contribution in [1.29, 1.82) is 0 Å². The summed E-state index contributed by atoms with van der Waals surface area (Å²) in [4.78, 5) is 0. The van der Waals surface area contributed by atoms with Gasteiger partial charge in [0.1, 0.15) is 5.76 Å². The van der Waals surface area contributed by atoms with Crippen LogP contribution in [0.25, 0.3) is 0 Å². The number of halogens is 1. The molecule has 1 aromatic carbocycles. The van der Waals surface area contributed by atoms with Gasteiger partial charge in [0.2, 0.25) is 0 Å². The average Bonchev–Trinajstić information content (AvgIpc) is 2.77. The maximum Gasteiger partial charge on any atom is 0.146 e. The van der Waals surface area contributed by atoms with Crippen LogP contribution in [0, 0.1) is 0 Å². The molecule has 1 heterocycles. The van der Waals surface area contributed by atoms with Crippen LogP contribution in [0.1, 0.15) is 11.3 Å². The number of furan rings is 1. The van der Waals surface area contributed by atoms with Gasteiger partial charge < -0.3 is 4.42 Å². The van der Waals surface area contributed by atoms with Crippen molar-refractivity contribution in [2.75, 3.05) is 0 Å². The first-order valence-electron chi connectivity index (χ1n) is 4.70. The highest BCUT2D eigenvalue weighted by atomic mass is 79.9. The molecule has 0 saturated carbocycles. The molecule has 0 atom stereocenters. The fourth-order valence-electron chi connectivity index (χ4n) is 1.14. The van der Waals surface area contributed by atoms with Crippen LogP contribution in [0.15, 0.2) is 61.8 Å². The van der Waals surface area contributed by atoms with Gasteiger partial charge in [-0.3, -0.25) is 0 Å². The number of benzene rings is 1. The molecule has 0 aliphatic rings. The lowest BCUT2D eigenvalue weighted by Gasteiger charge is -1.91. The lowest BCUT2D eigenvalue weighted by Crippen LogP contribution is -1.79. The number of hydrogen-bond acceptors (Lipinski definition) is 3. The molecule has 80 valence electrons. The molecule has 3 nitrogen and oxygen atoms in total. The topological polar surface area (TPSA) is 37.9 Å². The summed E-state index contributed by atoms with van der Waals surface area (Å²) in [7, 11) is 0. The van der Waals surface area contributed by atoms with Crippen LogP contribution >= 0.6 is 15.9 Å². The van der Waals surface area contributed by atoms with E-state index in [1.54, 1.807) is 24.8 Å². The molecule has 0 bridgehead atoms. The molecule has 4 heteroatoms.